The third-order valence-corrected chi connectivity index (χ3v) is 8.90. The number of rotatable bonds is 9. The minimum atomic E-state index is -8.44. The number of nitriles is 1. The highest BCUT2D eigenvalue weighted by molar-refractivity contribution is 7.80. The molecule has 0 heterocycles. The van der Waals surface area contributed by atoms with E-state index in [2.05, 4.69) is 4.74 Å². The van der Waals surface area contributed by atoms with Crippen LogP contribution in [0.4, 0.5) is 65.9 Å². The summed E-state index contributed by atoms with van der Waals surface area (Å²) in [5.41, 5.74) is -2.67. The summed E-state index contributed by atoms with van der Waals surface area (Å²) in [6, 6.07) is 13.5. The highest BCUT2D eigenvalue weighted by Crippen LogP contribution is 2.63. The van der Waals surface area contributed by atoms with Crippen LogP contribution in [0.5, 0.6) is 0 Å². The van der Waals surface area contributed by atoms with Gasteiger partial charge in [0.1, 0.15) is 5.70 Å². The lowest BCUT2D eigenvalue weighted by Gasteiger charge is -2.41. The van der Waals surface area contributed by atoms with Gasteiger partial charge in [-0.3, -0.25) is 4.74 Å². The molecule has 0 aliphatic heterocycles. The second-order valence-corrected chi connectivity index (χ2v) is 11.5. The molecule has 0 aromatic heterocycles. The molecule has 0 atom stereocenters. The zero-order valence-electron chi connectivity index (χ0n) is 19.9. The summed E-state index contributed by atoms with van der Waals surface area (Å²) in [5.74, 6) is -47.9. The molecule has 2 aromatic rings. The molecule has 0 bridgehead atoms. The molecule has 0 amide bonds. The van der Waals surface area contributed by atoms with Crippen LogP contribution >= 0.6 is 7.05 Å². The Morgan fingerprint density at radius 3 is 1.29 bits per heavy atom. The molecule has 2 nitrogen and oxygen atoms in total. The Kier molecular flexibility index (Phi) is 8.80. The molecule has 2 aromatic carbocycles. The highest BCUT2D eigenvalue weighted by Gasteiger charge is 2.93. The fourth-order valence-electron chi connectivity index (χ4n) is 3.29. The number of nitrogens with zero attached hydrogens (tertiary/aromatic N) is 2. The van der Waals surface area contributed by atoms with Gasteiger partial charge in [0.2, 0.25) is 0 Å². The van der Waals surface area contributed by atoms with Gasteiger partial charge in [-0.05, 0) is 17.3 Å². The molecule has 2 rings (SSSR count). The smallest absolute Gasteiger partial charge is 0.256 e. The van der Waals surface area contributed by atoms with Crippen LogP contribution in [0.15, 0.2) is 77.2 Å². The van der Waals surface area contributed by atoms with Crippen LogP contribution in [0, 0.1) is 11.3 Å². The quantitative estimate of drug-likeness (QED) is 0.156. The summed E-state index contributed by atoms with van der Waals surface area (Å²) in [7, 11) is -3.86. The van der Waals surface area contributed by atoms with Crippen LogP contribution < -0.4 is 10.6 Å². The Bertz CT molecular complexity index is 1320. The number of alkyl halides is 15. The molecule has 0 radical (unpaired) electrons. The van der Waals surface area contributed by atoms with Gasteiger partial charge < -0.3 is 0 Å². The van der Waals surface area contributed by atoms with Crippen molar-refractivity contribution in [2.45, 2.75) is 41.7 Å². The third-order valence-electron chi connectivity index (χ3n) is 5.68. The first-order valence-corrected chi connectivity index (χ1v) is 12.7. The van der Waals surface area contributed by atoms with Crippen LogP contribution in [-0.2, 0) is 0 Å². The van der Waals surface area contributed by atoms with E-state index < -0.39 is 60.5 Å². The molecular formula is C23H14F15N2P. The van der Waals surface area contributed by atoms with Crippen molar-refractivity contribution in [3.8, 4) is 6.07 Å². The largest absolute Gasteiger partial charge is 0.460 e. The fourth-order valence-corrected chi connectivity index (χ4v) is 5.94. The van der Waals surface area contributed by atoms with Gasteiger partial charge in [-0.1, -0.05) is 60.7 Å². The van der Waals surface area contributed by atoms with Gasteiger partial charge in [-0.25, -0.2) is 0 Å². The maximum Gasteiger partial charge on any atom is 0.460 e. The molecule has 41 heavy (non-hydrogen) atoms. The molecule has 226 valence electrons. The average Bonchev–Trinajstić information content (AvgIpc) is 2.88. The summed E-state index contributed by atoms with van der Waals surface area (Å²) in [4.78, 5) is 0. The van der Waals surface area contributed by atoms with E-state index in [1.807, 2.05) is 0 Å². The molecule has 0 spiro atoms. The van der Waals surface area contributed by atoms with E-state index in [9.17, 15) is 57.1 Å². The molecule has 0 saturated carbocycles. The molecule has 0 fully saturated rings. The van der Waals surface area contributed by atoms with Gasteiger partial charge in [0.15, 0.2) is 0 Å². The standard InChI is InChI=1S/C23H14F15N2P/c1-41(14-8-4-2-5-9-14,15-10-6-3-7-11-15)40-16(12-13-39)17(24,25)18(26,27)19(28,29)20(30,31)21(32,33)22(34,35)23(36,37)38/h2-12H,1H3/b16-12+. The zero-order chi connectivity index (χ0) is 31.9. The zero-order valence-corrected chi connectivity index (χ0v) is 20.8. The molecule has 0 unspecified atom stereocenters. The first-order chi connectivity index (χ1) is 18.4. The molecule has 0 aliphatic rings. The Morgan fingerprint density at radius 2 is 0.951 bits per heavy atom. The summed E-state index contributed by atoms with van der Waals surface area (Å²) >= 11 is 0. The van der Waals surface area contributed by atoms with Crippen LogP contribution in [0.3, 0.4) is 0 Å². The van der Waals surface area contributed by atoms with E-state index in [0.29, 0.717) is 0 Å². The van der Waals surface area contributed by atoms with Crippen molar-refractivity contribution in [2.75, 3.05) is 6.66 Å². The summed E-state index contributed by atoms with van der Waals surface area (Å²) in [6.45, 7) is 1.03. The average molecular weight is 634 g/mol. The van der Waals surface area contributed by atoms with E-state index >= 15 is 8.78 Å². The predicted molar refractivity (Wildman–Crippen MR) is 117 cm³/mol. The van der Waals surface area contributed by atoms with Crippen molar-refractivity contribution in [1.29, 1.82) is 5.26 Å². The molecular weight excluding hydrogens is 620 g/mol. The van der Waals surface area contributed by atoms with Crippen molar-refractivity contribution in [2.24, 2.45) is 4.74 Å². The van der Waals surface area contributed by atoms with E-state index in [1.54, 1.807) is 0 Å². The lowest BCUT2D eigenvalue weighted by molar-refractivity contribution is -0.450. The highest BCUT2D eigenvalue weighted by atomic mass is 31.2. The number of halogens is 15. The van der Waals surface area contributed by atoms with Crippen molar-refractivity contribution >= 4 is 17.7 Å². The first-order valence-electron chi connectivity index (χ1n) is 10.5. The van der Waals surface area contributed by atoms with Crippen LogP contribution in [0.2, 0.25) is 0 Å². The SMILES string of the molecule is CP(=N/C(=C/C#N)C(F)(F)C(F)(F)C(F)(F)C(F)(F)C(F)(F)C(F)(F)C(F)(F)F)(c1ccccc1)c1ccccc1. The van der Waals surface area contributed by atoms with Gasteiger partial charge in [0.25, 0.3) is 0 Å². The number of benzene rings is 2. The Hall–Kier alpha value is -3.15. The third kappa shape index (κ3) is 5.19. The van der Waals surface area contributed by atoms with Gasteiger partial charge in [0, 0.05) is 13.1 Å². The van der Waals surface area contributed by atoms with E-state index in [0.717, 1.165) is 12.7 Å². The maximum absolute atomic E-state index is 15.0. The van der Waals surface area contributed by atoms with E-state index in [-0.39, 0.29) is 10.6 Å². The lowest BCUT2D eigenvalue weighted by atomic mass is 9.90. The minimum Gasteiger partial charge on any atom is -0.256 e. The predicted octanol–water partition coefficient (Wildman–Crippen LogP) is 8.25. The van der Waals surface area contributed by atoms with E-state index in [4.69, 9.17) is 5.26 Å². The van der Waals surface area contributed by atoms with Crippen LogP contribution in [-0.4, -0.2) is 48.4 Å². The Labute approximate surface area is 221 Å². The van der Waals surface area contributed by atoms with Gasteiger partial charge in [-0.2, -0.15) is 71.1 Å². The second kappa shape index (κ2) is 10.6. The lowest BCUT2D eigenvalue weighted by Crippen LogP contribution is -2.72. The summed E-state index contributed by atoms with van der Waals surface area (Å²) in [5, 5.41) is 8.78. The molecule has 18 heteroatoms. The Balaban J connectivity index is 2.87. The fraction of sp³-hybridized carbons (Fsp3) is 0.348. The summed E-state index contributed by atoms with van der Waals surface area (Å²) < 4.78 is 209. The number of hydrogen-bond acceptors (Lipinski definition) is 2. The maximum atomic E-state index is 15.0. The van der Waals surface area contributed by atoms with Gasteiger partial charge in [0.05, 0.1) is 6.07 Å². The Morgan fingerprint density at radius 1 is 0.610 bits per heavy atom. The van der Waals surface area contributed by atoms with Crippen LogP contribution in [0.25, 0.3) is 0 Å². The van der Waals surface area contributed by atoms with Gasteiger partial charge in [-0.15, -0.1) is 0 Å². The molecule has 0 saturated heterocycles. The second-order valence-electron chi connectivity index (χ2n) is 8.33. The monoisotopic (exact) mass is 634 g/mol. The van der Waals surface area contributed by atoms with Crippen molar-refractivity contribution < 1.29 is 65.9 Å². The minimum absolute atomic E-state index is 0.0393. The topological polar surface area (TPSA) is 36.1 Å². The van der Waals surface area contributed by atoms with Gasteiger partial charge >= 0.3 is 41.7 Å². The van der Waals surface area contributed by atoms with Crippen molar-refractivity contribution in [1.82, 2.24) is 0 Å². The van der Waals surface area contributed by atoms with E-state index in [1.165, 1.54) is 60.7 Å². The molecule has 0 aliphatic carbocycles. The number of allylic oxidation sites excluding steroid dienone is 2. The first kappa shape index (κ1) is 34.1. The normalized spacial score (nSPS) is 15.0. The number of hydrogen-bond donors (Lipinski definition) is 0. The molecule has 0 N–H and O–H groups in total. The van der Waals surface area contributed by atoms with Crippen molar-refractivity contribution in [3.63, 3.8) is 0 Å². The summed E-state index contributed by atoms with van der Waals surface area (Å²) in [6.07, 6.45) is -8.30. The van der Waals surface area contributed by atoms with Crippen molar-refractivity contribution in [3.05, 3.63) is 72.4 Å². The van der Waals surface area contributed by atoms with Crippen LogP contribution in [0.1, 0.15) is 0 Å².